The molecule has 1 spiro atoms. The van der Waals surface area contributed by atoms with Crippen molar-refractivity contribution in [1.82, 2.24) is 14.5 Å². The van der Waals surface area contributed by atoms with Gasteiger partial charge in [-0.1, -0.05) is 19.3 Å². The number of primary sulfonamides is 1. The predicted octanol–water partition coefficient (Wildman–Crippen LogP) is 3.42. The summed E-state index contributed by atoms with van der Waals surface area (Å²) in [5.74, 6) is 2.24. The number of nitrogens with zero attached hydrogens (tertiary/aromatic N) is 5. The molecule has 178 valence electrons. The first-order valence-electron chi connectivity index (χ1n) is 11.6. The molecule has 2 aromatic heterocycles. The van der Waals surface area contributed by atoms with Crippen molar-refractivity contribution in [2.24, 2.45) is 10.2 Å². The van der Waals surface area contributed by atoms with Crippen molar-refractivity contribution in [3.63, 3.8) is 0 Å². The molecule has 0 radical (unpaired) electrons. The Balaban J connectivity index is 1.44. The van der Waals surface area contributed by atoms with E-state index in [4.69, 9.17) is 20.0 Å². The van der Waals surface area contributed by atoms with E-state index in [1.165, 1.54) is 18.6 Å². The average Bonchev–Trinajstić information content (AvgIpc) is 3.59. The fraction of sp³-hybridized carbons (Fsp3) is 0.435. The lowest BCUT2D eigenvalue weighted by Crippen LogP contribution is -2.50. The summed E-state index contributed by atoms with van der Waals surface area (Å²) in [6.45, 7) is 0. The standard InChI is InChI=1S/C23H27N7O3S/c1-33-21-23(11-3-2-4-12-23)29-19(30(28-21)17-7-8-17)13-15-14-25-22(27-20(15)29)26-16-5-9-18(10-6-16)34(24,31)32/h5-6,9-10,13-14,17H,2-4,7-8,11-12H2,1H3,(H2,24,31,32)(H,25,26,27). The van der Waals surface area contributed by atoms with E-state index in [9.17, 15) is 8.42 Å². The molecule has 6 rings (SSSR count). The number of hydrogen-bond donors (Lipinski definition) is 2. The van der Waals surface area contributed by atoms with E-state index in [2.05, 4.69) is 25.9 Å². The second-order valence-corrected chi connectivity index (χ2v) is 10.8. The van der Waals surface area contributed by atoms with Gasteiger partial charge in [0.2, 0.25) is 21.9 Å². The maximum Gasteiger partial charge on any atom is 0.238 e. The Morgan fingerprint density at radius 1 is 1.15 bits per heavy atom. The van der Waals surface area contributed by atoms with Crippen molar-refractivity contribution in [3.05, 3.63) is 36.5 Å². The van der Waals surface area contributed by atoms with Gasteiger partial charge in [-0.2, -0.15) is 4.98 Å². The molecule has 3 aromatic rings. The fourth-order valence-electron chi connectivity index (χ4n) is 5.21. The van der Waals surface area contributed by atoms with Crippen LogP contribution < -0.4 is 15.5 Å². The van der Waals surface area contributed by atoms with Crippen molar-refractivity contribution in [1.29, 1.82) is 0 Å². The van der Waals surface area contributed by atoms with Gasteiger partial charge < -0.3 is 10.1 Å². The molecule has 0 atom stereocenters. The quantitative estimate of drug-likeness (QED) is 0.584. The van der Waals surface area contributed by atoms with Crippen molar-refractivity contribution in [2.45, 2.75) is 61.4 Å². The molecule has 11 heteroatoms. The van der Waals surface area contributed by atoms with E-state index in [-0.39, 0.29) is 10.4 Å². The Labute approximate surface area is 197 Å². The van der Waals surface area contributed by atoms with Crippen molar-refractivity contribution >= 4 is 44.4 Å². The zero-order valence-corrected chi connectivity index (χ0v) is 19.8. The normalized spacial score (nSPS) is 19.7. The summed E-state index contributed by atoms with van der Waals surface area (Å²) in [7, 11) is -2.03. The number of methoxy groups -OCH3 is 1. The Morgan fingerprint density at radius 3 is 2.53 bits per heavy atom. The summed E-state index contributed by atoms with van der Waals surface area (Å²) in [6.07, 6.45) is 9.38. The third-order valence-corrected chi connectivity index (χ3v) is 7.92. The van der Waals surface area contributed by atoms with Gasteiger partial charge in [0.1, 0.15) is 17.0 Å². The molecule has 2 saturated carbocycles. The van der Waals surface area contributed by atoms with E-state index in [1.54, 1.807) is 19.2 Å². The Hall–Kier alpha value is -3.18. The second-order valence-electron chi connectivity index (χ2n) is 9.28. The highest BCUT2D eigenvalue weighted by Gasteiger charge is 2.49. The summed E-state index contributed by atoms with van der Waals surface area (Å²) in [6, 6.07) is 8.73. The minimum atomic E-state index is -3.75. The fourth-order valence-corrected chi connectivity index (χ4v) is 5.73. The van der Waals surface area contributed by atoms with Gasteiger partial charge in [0.05, 0.1) is 18.0 Å². The largest absolute Gasteiger partial charge is 0.481 e. The molecule has 3 aliphatic rings. The van der Waals surface area contributed by atoms with Gasteiger partial charge in [0.25, 0.3) is 0 Å². The number of rotatable bonds is 4. The van der Waals surface area contributed by atoms with Crippen LogP contribution in [0.1, 0.15) is 44.9 Å². The number of hydrogen-bond acceptors (Lipinski definition) is 8. The van der Waals surface area contributed by atoms with Crippen LogP contribution >= 0.6 is 0 Å². The molecule has 1 aliphatic heterocycles. The average molecular weight is 482 g/mol. The predicted molar refractivity (Wildman–Crippen MR) is 130 cm³/mol. The van der Waals surface area contributed by atoms with Crippen LogP contribution in [0.2, 0.25) is 0 Å². The van der Waals surface area contributed by atoms with Crippen molar-refractivity contribution in [3.8, 4) is 0 Å². The van der Waals surface area contributed by atoms with Gasteiger partial charge in [0, 0.05) is 17.3 Å². The number of sulfonamides is 1. The van der Waals surface area contributed by atoms with Crippen LogP contribution in [-0.4, -0.2) is 42.0 Å². The summed E-state index contributed by atoms with van der Waals surface area (Å²) in [5.41, 5.74) is 1.16. The topological polar surface area (TPSA) is 128 Å². The van der Waals surface area contributed by atoms with Crippen LogP contribution in [0.15, 0.2) is 46.5 Å². The van der Waals surface area contributed by atoms with Crippen molar-refractivity contribution < 1.29 is 13.2 Å². The summed E-state index contributed by atoms with van der Waals surface area (Å²) in [5, 5.41) is 16.4. The Morgan fingerprint density at radius 2 is 1.88 bits per heavy atom. The molecule has 2 aliphatic carbocycles. The smallest absolute Gasteiger partial charge is 0.238 e. The summed E-state index contributed by atoms with van der Waals surface area (Å²) >= 11 is 0. The van der Waals surface area contributed by atoms with E-state index in [1.807, 2.05) is 6.20 Å². The molecule has 10 nitrogen and oxygen atoms in total. The lowest BCUT2D eigenvalue weighted by Gasteiger charge is -2.44. The number of fused-ring (bicyclic) bond motifs is 4. The Bertz CT molecular complexity index is 1390. The molecule has 0 bridgehead atoms. The minimum absolute atomic E-state index is 0.0564. The molecule has 2 fully saturated rings. The van der Waals surface area contributed by atoms with E-state index in [0.29, 0.717) is 17.7 Å². The van der Waals surface area contributed by atoms with Crippen LogP contribution in [0.3, 0.4) is 0 Å². The summed E-state index contributed by atoms with van der Waals surface area (Å²) < 4.78 is 31.3. The zero-order valence-electron chi connectivity index (χ0n) is 18.9. The molecular formula is C23H27N7O3S. The zero-order chi connectivity index (χ0) is 23.5. The minimum Gasteiger partial charge on any atom is -0.481 e. The molecular weight excluding hydrogens is 454 g/mol. The lowest BCUT2D eigenvalue weighted by atomic mass is 9.80. The highest BCUT2D eigenvalue weighted by Crippen LogP contribution is 2.47. The van der Waals surface area contributed by atoms with Gasteiger partial charge in [-0.05, 0) is 56.0 Å². The SMILES string of the molecule is COC1=NN(C2CC2)c2cc3cnc(Nc4ccc(S(N)(=O)=O)cc4)nc3n2C12CCCCC2. The molecule has 34 heavy (non-hydrogen) atoms. The van der Waals surface area contributed by atoms with Gasteiger partial charge >= 0.3 is 0 Å². The highest BCUT2D eigenvalue weighted by atomic mass is 32.2. The number of anilines is 3. The van der Waals surface area contributed by atoms with Crippen LogP contribution in [0, 0.1) is 0 Å². The molecule has 1 aromatic carbocycles. The van der Waals surface area contributed by atoms with E-state index in [0.717, 1.165) is 61.3 Å². The first-order valence-corrected chi connectivity index (χ1v) is 13.1. The molecule has 0 unspecified atom stereocenters. The molecule has 0 saturated heterocycles. The Kier molecular flexibility index (Phi) is 4.82. The number of aromatic nitrogens is 3. The van der Waals surface area contributed by atoms with Crippen LogP contribution in [0.4, 0.5) is 17.5 Å². The third-order valence-electron chi connectivity index (χ3n) is 6.99. The number of ether oxygens (including phenoxy) is 1. The lowest BCUT2D eigenvalue weighted by molar-refractivity contribution is 0.220. The maximum absolute atomic E-state index is 11.5. The summed E-state index contributed by atoms with van der Waals surface area (Å²) in [4.78, 5) is 9.47. The number of nitrogens with two attached hydrogens (primary N) is 1. The highest BCUT2D eigenvalue weighted by molar-refractivity contribution is 7.89. The number of benzene rings is 1. The van der Waals surface area contributed by atoms with E-state index >= 15 is 0 Å². The monoisotopic (exact) mass is 481 g/mol. The van der Waals surface area contributed by atoms with Crippen LogP contribution in [-0.2, 0) is 20.3 Å². The molecule has 3 heterocycles. The molecule has 3 N–H and O–H groups in total. The maximum atomic E-state index is 11.5. The van der Waals surface area contributed by atoms with Gasteiger partial charge in [-0.3, -0.25) is 4.57 Å². The first kappa shape index (κ1) is 21.4. The third kappa shape index (κ3) is 3.41. The van der Waals surface area contributed by atoms with Gasteiger partial charge in [0.15, 0.2) is 0 Å². The van der Waals surface area contributed by atoms with E-state index < -0.39 is 10.0 Å². The second kappa shape index (κ2) is 7.67. The number of hydrazone groups is 1. The van der Waals surface area contributed by atoms with Crippen molar-refractivity contribution in [2.75, 3.05) is 17.4 Å². The molecule has 0 amide bonds. The van der Waals surface area contributed by atoms with Crippen LogP contribution in [0.5, 0.6) is 0 Å². The van der Waals surface area contributed by atoms with Gasteiger partial charge in [-0.15, -0.1) is 5.10 Å². The number of nitrogens with one attached hydrogen (secondary N) is 1. The first-order chi connectivity index (χ1) is 16.4. The van der Waals surface area contributed by atoms with Gasteiger partial charge in [-0.25, -0.2) is 23.5 Å². The van der Waals surface area contributed by atoms with Crippen LogP contribution in [0.25, 0.3) is 11.0 Å².